The fraction of sp³-hybridized carbons (Fsp3) is 0.227. The number of aryl methyl sites for hydroxylation is 2. The Kier molecular flexibility index (Phi) is 4.80. The highest BCUT2D eigenvalue weighted by molar-refractivity contribution is 6.04. The molecule has 0 fully saturated rings. The molecule has 0 aliphatic carbocycles. The first-order chi connectivity index (χ1) is 14.0. The van der Waals surface area contributed by atoms with E-state index >= 15 is 0 Å². The summed E-state index contributed by atoms with van der Waals surface area (Å²) in [6.07, 6.45) is 0.0103. The summed E-state index contributed by atoms with van der Waals surface area (Å²) in [5.74, 6) is 0.907. The number of ether oxygens (including phenoxy) is 1. The molecule has 2 amide bonds. The maximum Gasteiger partial charge on any atom is 0.251 e. The molecule has 1 aliphatic heterocycles. The van der Waals surface area contributed by atoms with Crippen LogP contribution in [0.15, 0.2) is 48.5 Å². The van der Waals surface area contributed by atoms with E-state index in [1.807, 2.05) is 62.4 Å². The molecule has 3 aromatic rings. The van der Waals surface area contributed by atoms with Gasteiger partial charge in [0.2, 0.25) is 5.91 Å². The van der Waals surface area contributed by atoms with Crippen LogP contribution in [0.4, 0.5) is 11.5 Å². The molecule has 7 nitrogen and oxygen atoms in total. The minimum Gasteiger partial charge on any atom is -0.497 e. The highest BCUT2D eigenvalue weighted by Crippen LogP contribution is 2.38. The van der Waals surface area contributed by atoms with Gasteiger partial charge < -0.3 is 15.4 Å². The van der Waals surface area contributed by atoms with E-state index in [1.54, 1.807) is 11.8 Å². The highest BCUT2D eigenvalue weighted by Gasteiger charge is 2.36. The number of rotatable bonds is 5. The van der Waals surface area contributed by atoms with Crippen molar-refractivity contribution in [2.24, 2.45) is 0 Å². The smallest absolute Gasteiger partial charge is 0.251 e. The lowest BCUT2D eigenvalue weighted by Gasteiger charge is -2.11. The number of benzene rings is 2. The number of hydrogen-bond acceptors (Lipinski definition) is 4. The fourth-order valence-corrected chi connectivity index (χ4v) is 3.58. The van der Waals surface area contributed by atoms with Gasteiger partial charge >= 0.3 is 0 Å². The van der Waals surface area contributed by atoms with E-state index in [0.29, 0.717) is 5.82 Å². The minimum absolute atomic E-state index is 0.0103. The maximum absolute atomic E-state index is 12.6. The van der Waals surface area contributed by atoms with Crippen molar-refractivity contribution >= 4 is 23.3 Å². The predicted molar refractivity (Wildman–Crippen MR) is 111 cm³/mol. The lowest BCUT2D eigenvalue weighted by molar-refractivity contribution is -0.123. The molecule has 2 aromatic carbocycles. The van der Waals surface area contributed by atoms with Gasteiger partial charge in [-0.3, -0.25) is 9.59 Å². The number of methoxy groups -OCH3 is 1. The Hall–Kier alpha value is -3.61. The SMILES string of the molecule is COc1ccc(-c2c(C)nn3c2NC(=O)C3CC(=O)Nc2ccccc2C)cc1. The Morgan fingerprint density at radius 1 is 1.17 bits per heavy atom. The first-order valence-corrected chi connectivity index (χ1v) is 9.38. The summed E-state index contributed by atoms with van der Waals surface area (Å²) in [5.41, 5.74) is 4.27. The van der Waals surface area contributed by atoms with Crippen LogP contribution in [0.25, 0.3) is 11.1 Å². The first-order valence-electron chi connectivity index (χ1n) is 9.38. The zero-order valence-electron chi connectivity index (χ0n) is 16.5. The lowest BCUT2D eigenvalue weighted by atomic mass is 10.1. The number of nitrogens with one attached hydrogen (secondary N) is 2. The van der Waals surface area contributed by atoms with Gasteiger partial charge in [0.15, 0.2) is 0 Å². The second-order valence-corrected chi connectivity index (χ2v) is 7.05. The molecular formula is C22H22N4O3. The second kappa shape index (κ2) is 7.43. The van der Waals surface area contributed by atoms with Crippen LogP contribution in [0, 0.1) is 13.8 Å². The summed E-state index contributed by atoms with van der Waals surface area (Å²) in [7, 11) is 1.62. The van der Waals surface area contributed by atoms with Crippen LogP contribution in [-0.4, -0.2) is 28.7 Å². The molecule has 0 bridgehead atoms. The highest BCUT2D eigenvalue weighted by atomic mass is 16.5. The molecular weight excluding hydrogens is 368 g/mol. The quantitative estimate of drug-likeness (QED) is 0.696. The van der Waals surface area contributed by atoms with Crippen molar-refractivity contribution in [2.45, 2.75) is 26.3 Å². The van der Waals surface area contributed by atoms with E-state index in [9.17, 15) is 9.59 Å². The summed E-state index contributed by atoms with van der Waals surface area (Å²) in [5, 5.41) is 10.3. The average Bonchev–Trinajstić information content (AvgIpc) is 3.17. The van der Waals surface area contributed by atoms with Crippen LogP contribution in [-0.2, 0) is 9.59 Å². The third-order valence-corrected chi connectivity index (χ3v) is 5.10. The van der Waals surface area contributed by atoms with E-state index in [4.69, 9.17) is 4.74 Å². The van der Waals surface area contributed by atoms with Crippen LogP contribution < -0.4 is 15.4 Å². The molecule has 0 saturated heterocycles. The van der Waals surface area contributed by atoms with Crippen molar-refractivity contribution in [3.05, 3.63) is 59.8 Å². The van der Waals surface area contributed by atoms with Gasteiger partial charge in [-0.1, -0.05) is 30.3 Å². The van der Waals surface area contributed by atoms with Gasteiger partial charge in [-0.15, -0.1) is 0 Å². The largest absolute Gasteiger partial charge is 0.497 e. The van der Waals surface area contributed by atoms with Gasteiger partial charge in [-0.2, -0.15) is 5.10 Å². The number of fused-ring (bicyclic) bond motifs is 1. The Balaban J connectivity index is 1.58. The van der Waals surface area contributed by atoms with Crippen LogP contribution in [0.5, 0.6) is 5.75 Å². The first kappa shape index (κ1) is 18.7. The normalized spacial score (nSPS) is 15.0. The third-order valence-electron chi connectivity index (χ3n) is 5.10. The Labute approximate surface area is 168 Å². The molecule has 2 N–H and O–H groups in total. The number of amides is 2. The standard InChI is InChI=1S/C22H22N4O3/c1-13-6-4-5-7-17(13)23-19(27)12-18-22(28)24-21-20(14(2)25-26(18)21)15-8-10-16(29-3)11-9-15/h4-11,18H,12H2,1-3H3,(H,23,27)(H,24,28). The molecule has 2 heterocycles. The summed E-state index contributed by atoms with van der Waals surface area (Å²) < 4.78 is 6.83. The third kappa shape index (κ3) is 3.47. The number of carbonyl (C=O) groups is 2. The van der Waals surface area contributed by atoms with E-state index in [1.165, 1.54) is 0 Å². The van der Waals surface area contributed by atoms with Crippen molar-refractivity contribution in [1.29, 1.82) is 0 Å². The zero-order chi connectivity index (χ0) is 20.5. The van der Waals surface area contributed by atoms with E-state index in [0.717, 1.165) is 33.8 Å². The topological polar surface area (TPSA) is 85.2 Å². The summed E-state index contributed by atoms with van der Waals surface area (Å²) in [4.78, 5) is 25.1. The number of para-hydroxylation sites is 1. The molecule has 0 saturated carbocycles. The number of anilines is 2. The second-order valence-electron chi connectivity index (χ2n) is 7.05. The number of carbonyl (C=O) groups excluding carboxylic acids is 2. The Morgan fingerprint density at radius 3 is 2.59 bits per heavy atom. The molecule has 1 aliphatic rings. The molecule has 148 valence electrons. The van der Waals surface area contributed by atoms with E-state index in [-0.39, 0.29) is 18.2 Å². The van der Waals surface area contributed by atoms with Crippen LogP contribution in [0.2, 0.25) is 0 Å². The van der Waals surface area contributed by atoms with Crippen LogP contribution in [0.1, 0.15) is 23.7 Å². The Morgan fingerprint density at radius 2 is 1.90 bits per heavy atom. The maximum atomic E-state index is 12.6. The minimum atomic E-state index is -0.681. The van der Waals surface area contributed by atoms with Crippen molar-refractivity contribution in [1.82, 2.24) is 9.78 Å². The van der Waals surface area contributed by atoms with Gasteiger partial charge in [0, 0.05) is 11.3 Å². The van der Waals surface area contributed by atoms with Gasteiger partial charge in [-0.05, 0) is 43.2 Å². The molecule has 29 heavy (non-hydrogen) atoms. The number of hydrogen-bond donors (Lipinski definition) is 2. The summed E-state index contributed by atoms with van der Waals surface area (Å²) >= 11 is 0. The molecule has 0 radical (unpaired) electrons. The monoisotopic (exact) mass is 390 g/mol. The van der Waals surface area contributed by atoms with Crippen LogP contribution in [0.3, 0.4) is 0 Å². The molecule has 1 atom stereocenters. The van der Waals surface area contributed by atoms with Gasteiger partial charge in [0.1, 0.15) is 17.6 Å². The molecule has 4 rings (SSSR count). The number of aromatic nitrogens is 2. The predicted octanol–water partition coefficient (Wildman–Crippen LogP) is 3.70. The van der Waals surface area contributed by atoms with Gasteiger partial charge in [-0.25, -0.2) is 4.68 Å². The molecule has 7 heteroatoms. The average molecular weight is 390 g/mol. The van der Waals surface area contributed by atoms with Gasteiger partial charge in [0.05, 0.1) is 19.2 Å². The van der Waals surface area contributed by atoms with Gasteiger partial charge in [0.25, 0.3) is 5.91 Å². The molecule has 1 unspecified atom stereocenters. The summed E-state index contributed by atoms with van der Waals surface area (Å²) in [6, 6.07) is 14.4. The molecule has 1 aromatic heterocycles. The number of nitrogens with zero attached hydrogens (tertiary/aromatic N) is 2. The lowest BCUT2D eigenvalue weighted by Crippen LogP contribution is -2.24. The van der Waals surface area contributed by atoms with E-state index < -0.39 is 6.04 Å². The molecule has 0 spiro atoms. The van der Waals surface area contributed by atoms with Crippen molar-refractivity contribution < 1.29 is 14.3 Å². The Bertz CT molecular complexity index is 1090. The van der Waals surface area contributed by atoms with E-state index in [2.05, 4.69) is 15.7 Å². The fourth-order valence-electron chi connectivity index (χ4n) is 3.58. The zero-order valence-corrected chi connectivity index (χ0v) is 16.5. The van der Waals surface area contributed by atoms with Crippen molar-refractivity contribution in [3.8, 4) is 16.9 Å². The van der Waals surface area contributed by atoms with Crippen LogP contribution >= 0.6 is 0 Å². The summed E-state index contributed by atoms with van der Waals surface area (Å²) in [6.45, 7) is 3.81. The van der Waals surface area contributed by atoms with Crippen molar-refractivity contribution in [3.63, 3.8) is 0 Å². The van der Waals surface area contributed by atoms with Crippen molar-refractivity contribution in [2.75, 3.05) is 17.7 Å².